The molecule has 0 unspecified atom stereocenters. The number of aromatic nitrogens is 5. The Hall–Kier alpha value is -3.49. The molecule has 0 aliphatic carbocycles. The van der Waals surface area contributed by atoms with Gasteiger partial charge in [-0.15, -0.1) is 0 Å². The summed E-state index contributed by atoms with van der Waals surface area (Å²) < 4.78 is 37.6. The number of halogens is 3. The predicted molar refractivity (Wildman–Crippen MR) is 102 cm³/mol. The topological polar surface area (TPSA) is 79.4 Å². The largest absolute Gasteiger partial charge is 0.433 e. The highest BCUT2D eigenvalue weighted by atomic mass is 19.4. The highest BCUT2D eigenvalue weighted by molar-refractivity contribution is 5.80. The molecule has 4 heterocycles. The lowest BCUT2D eigenvalue weighted by Gasteiger charge is -2.08. The molecule has 0 spiro atoms. The van der Waals surface area contributed by atoms with Gasteiger partial charge in [-0.05, 0) is 41.3 Å². The second-order valence-corrected chi connectivity index (χ2v) is 6.72. The van der Waals surface area contributed by atoms with Crippen molar-refractivity contribution in [3.63, 3.8) is 0 Å². The molecule has 148 valence electrons. The molecule has 2 N–H and O–H groups in total. The third-order valence-electron chi connectivity index (χ3n) is 4.42. The molecule has 0 radical (unpaired) electrons. The van der Waals surface area contributed by atoms with Gasteiger partial charge in [0, 0.05) is 49.3 Å². The lowest BCUT2D eigenvalue weighted by Crippen LogP contribution is -2.09. The number of aromatic amines is 1. The van der Waals surface area contributed by atoms with Crippen molar-refractivity contribution in [2.45, 2.75) is 26.1 Å². The molecule has 0 amide bonds. The Balaban J connectivity index is 1.39. The Morgan fingerprint density at radius 3 is 2.41 bits per heavy atom. The van der Waals surface area contributed by atoms with Gasteiger partial charge >= 0.3 is 6.18 Å². The van der Waals surface area contributed by atoms with Crippen LogP contribution in [0.5, 0.6) is 0 Å². The molecule has 4 aromatic heterocycles. The summed E-state index contributed by atoms with van der Waals surface area (Å²) in [5, 5.41) is 4.05. The number of rotatable bonds is 5. The summed E-state index contributed by atoms with van der Waals surface area (Å²) >= 11 is 0. The van der Waals surface area contributed by atoms with Crippen LogP contribution in [-0.2, 0) is 19.1 Å². The Morgan fingerprint density at radius 1 is 0.966 bits per heavy atom. The van der Waals surface area contributed by atoms with Gasteiger partial charge in [0.2, 0.25) is 5.95 Å². The van der Waals surface area contributed by atoms with Crippen molar-refractivity contribution in [2.75, 3.05) is 5.32 Å². The Kier molecular flexibility index (Phi) is 4.87. The summed E-state index contributed by atoms with van der Waals surface area (Å²) in [6.45, 7) is 2.27. The first-order valence-electron chi connectivity index (χ1n) is 8.88. The lowest BCUT2D eigenvalue weighted by atomic mass is 10.1. The monoisotopic (exact) mass is 398 g/mol. The number of nitrogens with one attached hydrogen (secondary N) is 2. The van der Waals surface area contributed by atoms with Crippen LogP contribution in [-0.4, -0.2) is 24.9 Å². The van der Waals surface area contributed by atoms with Crippen LogP contribution >= 0.6 is 0 Å². The number of hydrogen-bond acceptors (Lipinski definition) is 5. The van der Waals surface area contributed by atoms with Gasteiger partial charge in [0.25, 0.3) is 0 Å². The quantitative estimate of drug-likeness (QED) is 0.525. The number of alkyl halides is 3. The fourth-order valence-electron chi connectivity index (χ4n) is 2.94. The van der Waals surface area contributed by atoms with Gasteiger partial charge in [-0.2, -0.15) is 13.2 Å². The second kappa shape index (κ2) is 7.50. The van der Waals surface area contributed by atoms with Gasteiger partial charge in [0.05, 0.1) is 0 Å². The summed E-state index contributed by atoms with van der Waals surface area (Å²) in [7, 11) is 0. The standard InChI is InChI=1S/C20H17F3N6/c1-12-4-16-15(11-26-18(16)25-6-12)5-14-9-28-19(29-10-14)27-8-13-2-3-17(24-7-13)20(21,22)23/h2-4,6-7,9-11H,5,8H2,1H3,(H,25,26)(H,27,28,29). The average Bonchev–Trinajstić information content (AvgIpc) is 3.09. The number of anilines is 1. The average molecular weight is 398 g/mol. The van der Waals surface area contributed by atoms with Gasteiger partial charge in [-0.25, -0.2) is 15.0 Å². The highest BCUT2D eigenvalue weighted by Crippen LogP contribution is 2.27. The van der Waals surface area contributed by atoms with E-state index in [9.17, 15) is 13.2 Å². The van der Waals surface area contributed by atoms with Gasteiger partial charge in [-0.3, -0.25) is 4.98 Å². The fourth-order valence-corrected chi connectivity index (χ4v) is 2.94. The van der Waals surface area contributed by atoms with Crippen LogP contribution < -0.4 is 5.32 Å². The fraction of sp³-hybridized carbons (Fsp3) is 0.200. The predicted octanol–water partition coefficient (Wildman–Crippen LogP) is 4.28. The molecule has 0 saturated carbocycles. The summed E-state index contributed by atoms with van der Waals surface area (Å²) in [5.41, 5.74) is 3.67. The lowest BCUT2D eigenvalue weighted by molar-refractivity contribution is -0.141. The highest BCUT2D eigenvalue weighted by Gasteiger charge is 2.31. The summed E-state index contributed by atoms with van der Waals surface area (Å²) in [6, 6.07) is 4.42. The molecule has 0 aliphatic rings. The summed E-state index contributed by atoms with van der Waals surface area (Å²) in [5.74, 6) is 0.394. The van der Waals surface area contributed by atoms with Gasteiger partial charge in [0.1, 0.15) is 11.3 Å². The zero-order valence-electron chi connectivity index (χ0n) is 15.5. The van der Waals surface area contributed by atoms with E-state index in [1.54, 1.807) is 12.4 Å². The molecule has 4 aromatic rings. The molecule has 0 atom stereocenters. The van der Waals surface area contributed by atoms with E-state index >= 15 is 0 Å². The molecule has 0 fully saturated rings. The Bertz CT molecular complexity index is 1120. The van der Waals surface area contributed by atoms with Crippen LogP contribution in [0.15, 0.2) is 49.2 Å². The number of aryl methyl sites for hydroxylation is 1. The van der Waals surface area contributed by atoms with Gasteiger partial charge in [-0.1, -0.05) is 6.07 Å². The third kappa shape index (κ3) is 4.34. The van der Waals surface area contributed by atoms with Crippen LogP contribution in [0.3, 0.4) is 0 Å². The van der Waals surface area contributed by atoms with E-state index in [0.29, 0.717) is 17.9 Å². The van der Waals surface area contributed by atoms with Crippen molar-refractivity contribution in [1.82, 2.24) is 24.9 Å². The maximum atomic E-state index is 12.5. The van der Waals surface area contributed by atoms with E-state index in [0.717, 1.165) is 33.8 Å². The smallest absolute Gasteiger partial charge is 0.350 e. The Labute approximate surface area is 164 Å². The normalized spacial score (nSPS) is 11.7. The minimum atomic E-state index is -4.44. The number of nitrogens with zero attached hydrogens (tertiary/aromatic N) is 4. The van der Waals surface area contributed by atoms with Crippen LogP contribution in [0.4, 0.5) is 19.1 Å². The first kappa shape index (κ1) is 18.9. The molecule has 0 aliphatic heterocycles. The Morgan fingerprint density at radius 2 is 1.72 bits per heavy atom. The van der Waals surface area contributed by atoms with Crippen molar-refractivity contribution in [3.05, 3.63) is 77.1 Å². The van der Waals surface area contributed by atoms with E-state index in [-0.39, 0.29) is 6.54 Å². The number of hydrogen-bond donors (Lipinski definition) is 2. The third-order valence-corrected chi connectivity index (χ3v) is 4.42. The first-order valence-corrected chi connectivity index (χ1v) is 8.88. The maximum absolute atomic E-state index is 12.5. The van der Waals surface area contributed by atoms with E-state index in [4.69, 9.17) is 0 Å². The van der Waals surface area contributed by atoms with Crippen molar-refractivity contribution >= 4 is 17.0 Å². The second-order valence-electron chi connectivity index (χ2n) is 6.72. The van der Waals surface area contributed by atoms with Crippen LogP contribution in [0.2, 0.25) is 0 Å². The summed E-state index contributed by atoms with van der Waals surface area (Å²) in [4.78, 5) is 19.5. The van der Waals surface area contributed by atoms with Gasteiger partial charge < -0.3 is 10.3 Å². The van der Waals surface area contributed by atoms with E-state index in [1.165, 1.54) is 12.3 Å². The zero-order valence-corrected chi connectivity index (χ0v) is 15.5. The van der Waals surface area contributed by atoms with E-state index in [1.807, 2.05) is 19.3 Å². The molecule has 4 rings (SSSR count). The molecule has 9 heteroatoms. The minimum Gasteiger partial charge on any atom is -0.350 e. The SMILES string of the molecule is Cc1cnc2[nH]cc(Cc3cnc(NCc4ccc(C(F)(F)F)nc4)nc3)c2c1. The molecule has 6 nitrogen and oxygen atoms in total. The minimum absolute atomic E-state index is 0.276. The van der Waals surface area contributed by atoms with Gasteiger partial charge in [0.15, 0.2) is 0 Å². The number of H-pyrrole nitrogens is 1. The molecular weight excluding hydrogens is 381 g/mol. The van der Waals surface area contributed by atoms with Crippen molar-refractivity contribution in [1.29, 1.82) is 0 Å². The van der Waals surface area contributed by atoms with Crippen molar-refractivity contribution in [3.8, 4) is 0 Å². The maximum Gasteiger partial charge on any atom is 0.433 e. The molecule has 29 heavy (non-hydrogen) atoms. The van der Waals surface area contributed by atoms with Crippen LogP contribution in [0, 0.1) is 6.92 Å². The van der Waals surface area contributed by atoms with E-state index < -0.39 is 11.9 Å². The van der Waals surface area contributed by atoms with Crippen LogP contribution in [0.1, 0.15) is 27.9 Å². The summed E-state index contributed by atoms with van der Waals surface area (Å²) in [6.07, 6.45) is 4.61. The molecule has 0 saturated heterocycles. The van der Waals surface area contributed by atoms with Crippen molar-refractivity contribution in [2.24, 2.45) is 0 Å². The van der Waals surface area contributed by atoms with Crippen molar-refractivity contribution < 1.29 is 13.2 Å². The number of pyridine rings is 2. The van der Waals surface area contributed by atoms with Crippen LogP contribution in [0.25, 0.3) is 11.0 Å². The molecular formula is C20H17F3N6. The first-order chi connectivity index (χ1) is 13.9. The van der Waals surface area contributed by atoms with E-state index in [2.05, 4.69) is 36.3 Å². The zero-order chi connectivity index (χ0) is 20.4. The molecule has 0 bridgehead atoms. The number of fused-ring (bicyclic) bond motifs is 1. The molecule has 0 aromatic carbocycles.